The lowest BCUT2D eigenvalue weighted by Gasteiger charge is -2.60. The lowest BCUT2D eigenvalue weighted by molar-refractivity contribution is -0.138. The van der Waals surface area contributed by atoms with E-state index < -0.39 is 0 Å². The molecule has 0 bridgehead atoms. The number of imidazole rings is 1. The van der Waals surface area contributed by atoms with Crippen LogP contribution in [-0.4, -0.2) is 33.9 Å². The van der Waals surface area contributed by atoms with E-state index in [-0.39, 0.29) is 11.3 Å². The van der Waals surface area contributed by atoms with Crippen molar-refractivity contribution >= 4 is 16.9 Å². The zero-order valence-corrected chi connectivity index (χ0v) is 19.3. The lowest BCUT2D eigenvalue weighted by Crippen LogP contribution is -2.59. The molecule has 2 heterocycles. The van der Waals surface area contributed by atoms with Crippen molar-refractivity contribution in [1.82, 2.24) is 14.9 Å². The van der Waals surface area contributed by atoms with Gasteiger partial charge in [0, 0.05) is 24.4 Å². The Labute approximate surface area is 185 Å². The summed E-state index contributed by atoms with van der Waals surface area (Å²) in [6.07, 6.45) is 11.7. The fraction of sp³-hybridized carbons (Fsp3) is 0.630. The molecule has 0 spiro atoms. The Morgan fingerprint density at radius 2 is 1.94 bits per heavy atom. The maximum Gasteiger partial charge on any atom is 0.246 e. The number of hydrogen-bond acceptors (Lipinski definition) is 2. The number of nitrogens with one attached hydrogen (secondary N) is 1. The summed E-state index contributed by atoms with van der Waals surface area (Å²) >= 11 is 0. The van der Waals surface area contributed by atoms with Gasteiger partial charge >= 0.3 is 0 Å². The number of carbonyl (C=O) groups is 1. The third kappa shape index (κ3) is 2.54. The summed E-state index contributed by atoms with van der Waals surface area (Å²) in [4.78, 5) is 23.2. The Balaban J connectivity index is 1.34. The van der Waals surface area contributed by atoms with Crippen molar-refractivity contribution in [3.8, 4) is 0 Å². The second-order valence-corrected chi connectivity index (χ2v) is 11.4. The van der Waals surface area contributed by atoms with Crippen molar-refractivity contribution in [3.05, 3.63) is 41.7 Å². The molecular formula is C27H35N3O. The molecule has 1 aliphatic heterocycles. The molecule has 1 aromatic carbocycles. The number of aromatic nitrogens is 2. The number of likely N-dealkylation sites (N-methyl/N-ethyl adjacent to an activating group) is 1. The molecule has 31 heavy (non-hydrogen) atoms. The highest BCUT2D eigenvalue weighted by atomic mass is 16.2. The Hall–Kier alpha value is -2.10. The number of benzene rings is 1. The maximum absolute atomic E-state index is 12.3. The molecule has 4 nitrogen and oxygen atoms in total. The molecule has 0 radical (unpaired) electrons. The molecule has 1 amide bonds. The van der Waals surface area contributed by atoms with Crippen LogP contribution >= 0.6 is 0 Å². The second kappa shape index (κ2) is 6.46. The minimum atomic E-state index is 0.126. The Bertz CT molecular complexity index is 1090. The van der Waals surface area contributed by atoms with Gasteiger partial charge in [0.15, 0.2) is 0 Å². The topological polar surface area (TPSA) is 49.0 Å². The standard InChI is InChI=1S/C27H35N3O/c1-16-6-5-7-21-24(16)29-25(28-21)20-10-9-18-17-8-11-22-27(3,15-13-23(31)30(22)4)19(17)12-14-26(18,20)2/h5-7,13,15,17-20,22H,8-12,14H2,1-4H3,(H,28,29)/t17?,18-,19?,20+,22+,26-,27+/m0/s1. The van der Waals surface area contributed by atoms with Gasteiger partial charge in [0.25, 0.3) is 0 Å². The molecule has 3 fully saturated rings. The summed E-state index contributed by atoms with van der Waals surface area (Å²) in [7, 11) is 2.01. The average Bonchev–Trinajstić information content (AvgIpc) is 3.32. The van der Waals surface area contributed by atoms with Gasteiger partial charge in [-0.05, 0) is 86.3 Å². The summed E-state index contributed by atoms with van der Waals surface area (Å²) < 4.78 is 0. The summed E-state index contributed by atoms with van der Waals surface area (Å²) in [5.41, 5.74) is 4.04. The highest BCUT2D eigenvalue weighted by molar-refractivity contribution is 5.89. The second-order valence-electron chi connectivity index (χ2n) is 11.4. The van der Waals surface area contributed by atoms with Crippen molar-refractivity contribution < 1.29 is 4.79 Å². The number of rotatable bonds is 1. The van der Waals surface area contributed by atoms with Crippen molar-refractivity contribution in [2.45, 2.75) is 71.3 Å². The summed E-state index contributed by atoms with van der Waals surface area (Å²) in [5.74, 6) is 4.15. The highest BCUT2D eigenvalue weighted by Crippen LogP contribution is 2.67. The van der Waals surface area contributed by atoms with E-state index >= 15 is 0 Å². The predicted octanol–water partition coefficient (Wildman–Crippen LogP) is 5.59. The van der Waals surface area contributed by atoms with Gasteiger partial charge in [0.1, 0.15) is 5.82 Å². The van der Waals surface area contributed by atoms with Crippen LogP contribution < -0.4 is 0 Å². The van der Waals surface area contributed by atoms with Crippen molar-refractivity contribution in [1.29, 1.82) is 0 Å². The Morgan fingerprint density at radius 3 is 2.74 bits per heavy atom. The molecule has 2 unspecified atom stereocenters. The van der Waals surface area contributed by atoms with Crippen molar-refractivity contribution in [2.75, 3.05) is 7.05 Å². The number of aryl methyl sites for hydroxylation is 1. The third-order valence-corrected chi connectivity index (χ3v) is 10.2. The van der Waals surface area contributed by atoms with Crippen LogP contribution in [0.5, 0.6) is 0 Å². The number of aromatic amines is 1. The molecule has 7 atom stereocenters. The van der Waals surface area contributed by atoms with Crippen molar-refractivity contribution in [2.24, 2.45) is 28.6 Å². The van der Waals surface area contributed by atoms with Crippen LogP contribution in [-0.2, 0) is 4.79 Å². The van der Waals surface area contributed by atoms with E-state index in [0.29, 0.717) is 23.3 Å². The van der Waals surface area contributed by atoms with E-state index in [1.807, 2.05) is 18.0 Å². The van der Waals surface area contributed by atoms with E-state index in [4.69, 9.17) is 4.98 Å². The lowest BCUT2D eigenvalue weighted by atomic mass is 9.47. The average molecular weight is 418 g/mol. The van der Waals surface area contributed by atoms with Crippen LogP contribution in [0.15, 0.2) is 30.4 Å². The van der Waals surface area contributed by atoms with Gasteiger partial charge in [-0.2, -0.15) is 0 Å². The first kappa shape index (κ1) is 19.6. The van der Waals surface area contributed by atoms with E-state index in [1.165, 1.54) is 49.0 Å². The Kier molecular flexibility index (Phi) is 4.08. The van der Waals surface area contributed by atoms with Gasteiger partial charge in [-0.15, -0.1) is 0 Å². The number of para-hydroxylation sites is 1. The third-order valence-electron chi connectivity index (χ3n) is 10.2. The van der Waals surface area contributed by atoms with E-state index in [0.717, 1.165) is 23.8 Å². The van der Waals surface area contributed by atoms with Crippen LogP contribution in [0.3, 0.4) is 0 Å². The van der Waals surface area contributed by atoms with Crippen molar-refractivity contribution in [3.63, 3.8) is 0 Å². The van der Waals surface area contributed by atoms with Crippen LogP contribution in [0, 0.1) is 35.5 Å². The first-order valence-corrected chi connectivity index (χ1v) is 12.2. The van der Waals surface area contributed by atoms with Gasteiger partial charge in [-0.3, -0.25) is 4.79 Å². The molecule has 3 aliphatic carbocycles. The summed E-state index contributed by atoms with van der Waals surface area (Å²) in [6.45, 7) is 7.16. The number of H-pyrrole nitrogens is 1. The SMILES string of the molecule is Cc1cccc2[nH]c([C@H]3CC[C@H]4C5CC[C@H]6N(C)C(=O)C=C[C@]6(C)C5CC[C@]34C)nc12. The molecule has 4 heteroatoms. The molecule has 1 N–H and O–H groups in total. The zero-order chi connectivity index (χ0) is 21.5. The minimum absolute atomic E-state index is 0.126. The first-order valence-electron chi connectivity index (χ1n) is 12.2. The van der Waals surface area contributed by atoms with Gasteiger partial charge in [-0.25, -0.2) is 4.98 Å². The molecule has 1 aromatic heterocycles. The minimum Gasteiger partial charge on any atom is -0.342 e. The number of carbonyl (C=O) groups excluding carboxylic acids is 1. The predicted molar refractivity (Wildman–Crippen MR) is 124 cm³/mol. The quantitative estimate of drug-likeness (QED) is 0.657. The number of nitrogens with zero attached hydrogens (tertiary/aromatic N) is 2. The smallest absolute Gasteiger partial charge is 0.246 e. The highest BCUT2D eigenvalue weighted by Gasteiger charge is 2.60. The zero-order valence-electron chi connectivity index (χ0n) is 19.3. The van der Waals surface area contributed by atoms with Crippen LogP contribution in [0.25, 0.3) is 11.0 Å². The van der Waals surface area contributed by atoms with Gasteiger partial charge in [-0.1, -0.05) is 32.1 Å². The normalized spacial score (nSPS) is 41.9. The van der Waals surface area contributed by atoms with Gasteiger partial charge in [0.2, 0.25) is 5.91 Å². The van der Waals surface area contributed by atoms with Crippen LogP contribution in [0.2, 0.25) is 0 Å². The molecule has 4 aliphatic rings. The monoisotopic (exact) mass is 417 g/mol. The fourth-order valence-corrected chi connectivity index (χ4v) is 8.55. The fourth-order valence-electron chi connectivity index (χ4n) is 8.55. The number of fused-ring (bicyclic) bond motifs is 6. The summed E-state index contributed by atoms with van der Waals surface area (Å²) in [6, 6.07) is 6.82. The Morgan fingerprint density at radius 1 is 1.10 bits per heavy atom. The molecular weight excluding hydrogens is 382 g/mol. The number of amides is 1. The van der Waals surface area contributed by atoms with Gasteiger partial charge in [0.05, 0.1) is 11.0 Å². The first-order chi connectivity index (χ1) is 14.8. The maximum atomic E-state index is 12.3. The molecule has 2 aromatic rings. The van der Waals surface area contributed by atoms with E-state index in [9.17, 15) is 4.79 Å². The molecule has 3 saturated carbocycles. The molecule has 164 valence electrons. The van der Waals surface area contributed by atoms with E-state index in [1.54, 1.807) is 0 Å². The molecule has 6 rings (SSSR count). The molecule has 0 saturated heterocycles. The van der Waals surface area contributed by atoms with Crippen LogP contribution in [0.4, 0.5) is 0 Å². The van der Waals surface area contributed by atoms with Crippen LogP contribution in [0.1, 0.15) is 69.7 Å². The van der Waals surface area contributed by atoms with E-state index in [2.05, 4.69) is 50.0 Å². The summed E-state index contributed by atoms with van der Waals surface area (Å²) in [5, 5.41) is 0. The number of hydrogen-bond donors (Lipinski definition) is 1. The largest absolute Gasteiger partial charge is 0.342 e. The van der Waals surface area contributed by atoms with Gasteiger partial charge < -0.3 is 9.88 Å².